The maximum atomic E-state index is 12.3. The minimum atomic E-state index is -1.08. The van der Waals surface area contributed by atoms with E-state index in [1.165, 1.54) is 4.90 Å². The summed E-state index contributed by atoms with van der Waals surface area (Å²) in [5.41, 5.74) is 1.10. The summed E-state index contributed by atoms with van der Waals surface area (Å²) in [5, 5.41) is 11.7. The Morgan fingerprint density at radius 3 is 2.43 bits per heavy atom. The van der Waals surface area contributed by atoms with Crippen LogP contribution in [0.3, 0.4) is 0 Å². The molecule has 0 aromatic heterocycles. The molecule has 0 bridgehead atoms. The van der Waals surface area contributed by atoms with Crippen molar-refractivity contribution in [3.63, 3.8) is 0 Å². The second kappa shape index (κ2) is 6.90. The zero-order valence-electron chi connectivity index (χ0n) is 11.0. The molecule has 108 valence electrons. The van der Waals surface area contributed by atoms with Crippen molar-refractivity contribution in [3.8, 4) is 0 Å². The van der Waals surface area contributed by atoms with E-state index in [9.17, 15) is 9.59 Å². The maximum absolute atomic E-state index is 12.3. The van der Waals surface area contributed by atoms with Gasteiger partial charge in [-0.1, -0.05) is 40.2 Å². The van der Waals surface area contributed by atoms with Crippen LogP contribution in [0.1, 0.15) is 0 Å². The van der Waals surface area contributed by atoms with Crippen LogP contribution < -0.4 is 10.2 Å². The second-order valence-corrected chi connectivity index (χ2v) is 5.17. The Hall–Kier alpha value is -2.34. The molecule has 21 heavy (non-hydrogen) atoms. The van der Waals surface area contributed by atoms with E-state index in [-0.39, 0.29) is 0 Å². The molecule has 0 atom stereocenters. The average molecular weight is 349 g/mol. The summed E-state index contributed by atoms with van der Waals surface area (Å²) in [6, 6.07) is 15.2. The smallest absolute Gasteiger partial charge is 0.326 e. The highest BCUT2D eigenvalue weighted by Crippen LogP contribution is 2.18. The molecule has 0 saturated heterocycles. The number of hydrogen-bond acceptors (Lipinski definition) is 2. The number of carboxylic acid groups (broad SMARTS) is 1. The molecule has 2 amide bonds. The van der Waals surface area contributed by atoms with Gasteiger partial charge in [0.1, 0.15) is 6.54 Å². The number of carbonyl (C=O) groups excluding carboxylic acids is 1. The van der Waals surface area contributed by atoms with Gasteiger partial charge >= 0.3 is 12.0 Å². The SMILES string of the molecule is O=C(O)CN(C(=O)Nc1cccc(Br)c1)c1ccccc1. The Labute approximate surface area is 130 Å². The third-order valence-electron chi connectivity index (χ3n) is 2.68. The minimum absolute atomic E-state index is 0.413. The van der Waals surface area contributed by atoms with Gasteiger partial charge in [-0.3, -0.25) is 9.69 Å². The molecule has 0 unspecified atom stereocenters. The van der Waals surface area contributed by atoms with Gasteiger partial charge in [-0.25, -0.2) is 4.79 Å². The summed E-state index contributed by atoms with van der Waals surface area (Å²) in [6.45, 7) is -0.413. The van der Waals surface area contributed by atoms with Crippen LogP contribution in [0.4, 0.5) is 16.2 Å². The number of benzene rings is 2. The van der Waals surface area contributed by atoms with Crippen LogP contribution >= 0.6 is 15.9 Å². The lowest BCUT2D eigenvalue weighted by molar-refractivity contribution is -0.135. The van der Waals surface area contributed by atoms with Crippen LogP contribution in [0, 0.1) is 0 Å². The van der Waals surface area contributed by atoms with Crippen molar-refractivity contribution >= 4 is 39.3 Å². The summed E-state index contributed by atoms with van der Waals surface area (Å²) < 4.78 is 0.824. The van der Waals surface area contributed by atoms with E-state index >= 15 is 0 Å². The quantitative estimate of drug-likeness (QED) is 0.887. The number of urea groups is 1. The summed E-state index contributed by atoms with van der Waals surface area (Å²) in [7, 11) is 0. The molecule has 2 aromatic rings. The van der Waals surface area contributed by atoms with Gasteiger partial charge in [0, 0.05) is 15.8 Å². The largest absolute Gasteiger partial charge is 0.480 e. The van der Waals surface area contributed by atoms with Gasteiger partial charge in [0.25, 0.3) is 0 Å². The van der Waals surface area contributed by atoms with Crippen molar-refractivity contribution in [1.82, 2.24) is 0 Å². The monoisotopic (exact) mass is 348 g/mol. The molecule has 0 spiro atoms. The number of carboxylic acids is 1. The Morgan fingerprint density at radius 2 is 1.81 bits per heavy atom. The zero-order chi connectivity index (χ0) is 15.2. The van der Waals surface area contributed by atoms with Crippen molar-refractivity contribution in [3.05, 3.63) is 59.1 Å². The number of aliphatic carboxylic acids is 1. The molecule has 5 nitrogen and oxygen atoms in total. The molecule has 2 N–H and O–H groups in total. The van der Waals surface area contributed by atoms with E-state index in [4.69, 9.17) is 5.11 Å². The summed E-state index contributed by atoms with van der Waals surface area (Å²) in [5.74, 6) is -1.08. The number of nitrogens with one attached hydrogen (secondary N) is 1. The van der Waals surface area contributed by atoms with Gasteiger partial charge in [0.05, 0.1) is 0 Å². The van der Waals surface area contributed by atoms with E-state index < -0.39 is 18.5 Å². The molecule has 0 heterocycles. The van der Waals surface area contributed by atoms with Gasteiger partial charge in [0.15, 0.2) is 0 Å². The fourth-order valence-electron chi connectivity index (χ4n) is 1.78. The molecular formula is C15H13BrN2O3. The molecule has 0 saturated carbocycles. The topological polar surface area (TPSA) is 69.6 Å². The molecule has 2 rings (SSSR count). The Balaban J connectivity index is 2.20. The molecule has 6 heteroatoms. The highest BCUT2D eigenvalue weighted by atomic mass is 79.9. The molecule has 0 aliphatic heterocycles. The van der Waals surface area contributed by atoms with Crippen LogP contribution in [-0.4, -0.2) is 23.7 Å². The predicted molar refractivity (Wildman–Crippen MR) is 84.6 cm³/mol. The average Bonchev–Trinajstić information content (AvgIpc) is 2.45. The third kappa shape index (κ3) is 4.32. The van der Waals surface area contributed by atoms with Gasteiger partial charge in [-0.2, -0.15) is 0 Å². The standard InChI is InChI=1S/C15H13BrN2O3/c16-11-5-4-6-12(9-11)17-15(21)18(10-14(19)20)13-7-2-1-3-8-13/h1-9H,10H2,(H,17,21)(H,19,20). The molecule has 0 radical (unpaired) electrons. The first-order valence-corrected chi connectivity index (χ1v) is 6.96. The maximum Gasteiger partial charge on any atom is 0.326 e. The minimum Gasteiger partial charge on any atom is -0.480 e. The lowest BCUT2D eigenvalue weighted by Crippen LogP contribution is -2.38. The highest BCUT2D eigenvalue weighted by Gasteiger charge is 2.18. The number of hydrogen-bond donors (Lipinski definition) is 2. The number of amides is 2. The fraction of sp³-hybridized carbons (Fsp3) is 0.0667. The van der Waals surface area contributed by atoms with Crippen molar-refractivity contribution < 1.29 is 14.7 Å². The Kier molecular flexibility index (Phi) is 4.94. The molecule has 0 aliphatic carbocycles. The summed E-state index contributed by atoms with van der Waals surface area (Å²) in [6.07, 6.45) is 0. The van der Waals surface area contributed by atoms with Crippen LogP contribution in [0.15, 0.2) is 59.1 Å². The normalized spacial score (nSPS) is 9.95. The van der Waals surface area contributed by atoms with Crippen molar-refractivity contribution in [1.29, 1.82) is 0 Å². The van der Waals surface area contributed by atoms with Crippen molar-refractivity contribution in [2.45, 2.75) is 0 Å². The van der Waals surface area contributed by atoms with Gasteiger partial charge in [0.2, 0.25) is 0 Å². The highest BCUT2D eigenvalue weighted by molar-refractivity contribution is 9.10. The number of para-hydroxylation sites is 1. The van der Waals surface area contributed by atoms with E-state index in [1.54, 1.807) is 48.5 Å². The summed E-state index contributed by atoms with van der Waals surface area (Å²) >= 11 is 3.32. The van der Waals surface area contributed by atoms with Crippen LogP contribution in [0.5, 0.6) is 0 Å². The number of carbonyl (C=O) groups is 2. The molecule has 2 aromatic carbocycles. The first-order chi connectivity index (χ1) is 10.1. The van der Waals surface area contributed by atoms with E-state index in [1.807, 2.05) is 6.07 Å². The predicted octanol–water partition coefficient (Wildman–Crippen LogP) is 3.57. The third-order valence-corrected chi connectivity index (χ3v) is 3.18. The number of rotatable bonds is 4. The van der Waals surface area contributed by atoms with Gasteiger partial charge in [-0.05, 0) is 30.3 Å². The lowest BCUT2D eigenvalue weighted by atomic mass is 10.3. The van der Waals surface area contributed by atoms with E-state index in [0.29, 0.717) is 11.4 Å². The second-order valence-electron chi connectivity index (χ2n) is 4.26. The number of halogens is 1. The van der Waals surface area contributed by atoms with Gasteiger partial charge in [-0.15, -0.1) is 0 Å². The van der Waals surface area contributed by atoms with E-state index in [0.717, 1.165) is 4.47 Å². The Morgan fingerprint density at radius 1 is 1.10 bits per heavy atom. The van der Waals surface area contributed by atoms with E-state index in [2.05, 4.69) is 21.2 Å². The summed E-state index contributed by atoms with van der Waals surface area (Å²) in [4.78, 5) is 24.4. The molecule has 0 aliphatic rings. The van der Waals surface area contributed by atoms with Crippen LogP contribution in [0.2, 0.25) is 0 Å². The molecule has 0 fully saturated rings. The van der Waals surface area contributed by atoms with Gasteiger partial charge < -0.3 is 10.4 Å². The zero-order valence-corrected chi connectivity index (χ0v) is 12.6. The lowest BCUT2D eigenvalue weighted by Gasteiger charge is -2.21. The fourth-order valence-corrected chi connectivity index (χ4v) is 2.18. The molecular weight excluding hydrogens is 336 g/mol. The van der Waals surface area contributed by atoms with Crippen LogP contribution in [0.25, 0.3) is 0 Å². The van der Waals surface area contributed by atoms with Crippen molar-refractivity contribution in [2.24, 2.45) is 0 Å². The van der Waals surface area contributed by atoms with Crippen molar-refractivity contribution in [2.75, 3.05) is 16.8 Å². The Bertz CT molecular complexity index is 646. The number of anilines is 2. The van der Waals surface area contributed by atoms with Crippen LogP contribution in [-0.2, 0) is 4.79 Å². The first kappa shape index (κ1) is 15.1. The number of nitrogens with zero attached hydrogens (tertiary/aromatic N) is 1. The first-order valence-electron chi connectivity index (χ1n) is 6.17.